The second kappa shape index (κ2) is 37.2. The van der Waals surface area contributed by atoms with Gasteiger partial charge in [0.05, 0.1) is 12.1 Å². The first kappa shape index (κ1) is 72.2. The Morgan fingerprint density at radius 3 is 1.65 bits per heavy atom. The van der Waals surface area contributed by atoms with E-state index in [2.05, 4.69) is 47.5 Å². The van der Waals surface area contributed by atoms with E-state index >= 15 is 0 Å². The average molecular weight is 1170 g/mol. The van der Waals surface area contributed by atoms with E-state index in [0.717, 1.165) is 0 Å². The standard InChI is InChI=1S/C50H88N14O16S/c1-25(2)24-34(49(79)80)61-44(74)32(19-23-81-7)58-43(73)31(15-17-36(66)67)57-40(70)27(5)56-42(72)30(13-8-9-20-51)59-47(77)39(28(6)65)63-46(76)38(26(3)4)62-45(75)35-14-11-22-64(35)48(78)33(16-18-37(68)69)60-41(71)29(52)12-10-21-55-50(53)54/h25-35,38-39,65H,8-24,51-52H2,1-7H3,(H,56,72)(H,57,70)(H,58,73)(H,59,77)(H,60,71)(H,61,74)(H,62,75)(H,63,76)(H,66,67)(H,68,69)(H,79,80)(H4,53,54,55)/t27-,28+,29-,30-,31-,32-,33-,34-,35-,38-,39-/m0/s1. The van der Waals surface area contributed by atoms with Gasteiger partial charge >= 0.3 is 17.9 Å². The predicted octanol–water partition coefficient (Wildman–Crippen LogP) is -3.96. The lowest BCUT2D eigenvalue weighted by Gasteiger charge is -2.31. The van der Waals surface area contributed by atoms with E-state index in [1.807, 2.05) is 0 Å². The number of rotatable bonds is 39. The summed E-state index contributed by atoms with van der Waals surface area (Å²) in [5.41, 5.74) is 22.4. The van der Waals surface area contributed by atoms with E-state index in [0.29, 0.717) is 25.0 Å². The summed E-state index contributed by atoms with van der Waals surface area (Å²) in [5.74, 6) is -12.5. The number of hydrogen-bond acceptors (Lipinski definition) is 17. The van der Waals surface area contributed by atoms with Crippen molar-refractivity contribution in [3.05, 3.63) is 0 Å². The summed E-state index contributed by atoms with van der Waals surface area (Å²) in [6.45, 7) is 9.50. The molecule has 460 valence electrons. The highest BCUT2D eigenvalue weighted by atomic mass is 32.2. The summed E-state index contributed by atoms with van der Waals surface area (Å²) in [6, 6.07) is -13.8. The van der Waals surface area contributed by atoms with Gasteiger partial charge in [-0.3, -0.25) is 57.7 Å². The molecule has 0 aromatic heterocycles. The molecule has 1 aliphatic rings. The SMILES string of the molecule is CSCC[C@H](NC(=O)[C@H](CCC(=O)O)NC(=O)[C@H](C)NC(=O)[C@H](CCCCN)NC(=O)[C@@H](NC(=O)[C@@H](NC(=O)[C@@H]1CCCN1C(=O)[C@H](CCC(=O)O)NC(=O)[C@@H](N)CCCN=C(N)N)C(C)C)[C@@H](C)O)C(=O)N[C@@H](CC(C)C)C(=O)O. The Hall–Kier alpha value is -6.86. The van der Waals surface area contributed by atoms with E-state index in [1.165, 1.54) is 30.5 Å². The van der Waals surface area contributed by atoms with Crippen molar-refractivity contribution >= 4 is 88.8 Å². The molecule has 11 atom stereocenters. The molecule has 81 heavy (non-hydrogen) atoms. The lowest BCUT2D eigenvalue weighted by atomic mass is 10.0. The molecular weight excluding hydrogens is 1080 g/mol. The molecular formula is C50H88N14O16S. The van der Waals surface area contributed by atoms with Crippen LogP contribution in [0, 0.1) is 11.8 Å². The molecule has 30 nitrogen and oxygen atoms in total. The molecule has 0 saturated carbocycles. The summed E-state index contributed by atoms with van der Waals surface area (Å²) in [6.07, 6.45) is -0.214. The molecule has 0 aromatic carbocycles. The Bertz CT molecular complexity index is 2180. The summed E-state index contributed by atoms with van der Waals surface area (Å²) in [7, 11) is 0. The second-order valence-electron chi connectivity index (χ2n) is 20.6. The molecule has 1 aliphatic heterocycles. The number of carboxylic acids is 3. The highest BCUT2D eigenvalue weighted by Crippen LogP contribution is 2.21. The van der Waals surface area contributed by atoms with Gasteiger partial charge in [-0.25, -0.2) is 4.79 Å². The van der Waals surface area contributed by atoms with Gasteiger partial charge in [0.1, 0.15) is 54.4 Å². The van der Waals surface area contributed by atoms with Crippen LogP contribution in [0.1, 0.15) is 125 Å². The van der Waals surface area contributed by atoms with Crippen LogP contribution < -0.4 is 65.5 Å². The summed E-state index contributed by atoms with van der Waals surface area (Å²) < 4.78 is 0. The third kappa shape index (κ3) is 27.0. The van der Waals surface area contributed by atoms with Crippen molar-refractivity contribution in [1.29, 1.82) is 0 Å². The molecule has 0 spiro atoms. The molecule has 9 amide bonds. The van der Waals surface area contributed by atoms with Crippen LogP contribution in [0.25, 0.3) is 0 Å². The van der Waals surface area contributed by atoms with Crippen molar-refractivity contribution in [2.24, 2.45) is 39.8 Å². The van der Waals surface area contributed by atoms with Gasteiger partial charge in [0.15, 0.2) is 5.96 Å². The molecule has 0 aromatic rings. The van der Waals surface area contributed by atoms with Crippen molar-refractivity contribution in [1.82, 2.24) is 47.4 Å². The number of aliphatic hydroxyl groups is 1. The lowest BCUT2D eigenvalue weighted by molar-refractivity contribution is -0.143. The molecule has 1 fully saturated rings. The molecule has 0 bridgehead atoms. The van der Waals surface area contributed by atoms with Crippen molar-refractivity contribution in [3.63, 3.8) is 0 Å². The van der Waals surface area contributed by atoms with Crippen molar-refractivity contribution in [2.75, 3.05) is 31.6 Å². The zero-order valence-corrected chi connectivity index (χ0v) is 48.1. The summed E-state index contributed by atoms with van der Waals surface area (Å²) in [5, 5.41) is 59.2. The highest BCUT2D eigenvalue weighted by molar-refractivity contribution is 7.98. The van der Waals surface area contributed by atoms with Gasteiger partial charge in [-0.05, 0) is 115 Å². The van der Waals surface area contributed by atoms with E-state index in [9.17, 15) is 78.0 Å². The monoisotopic (exact) mass is 1170 g/mol. The second-order valence-corrected chi connectivity index (χ2v) is 21.6. The van der Waals surface area contributed by atoms with Gasteiger partial charge < -0.3 is 90.8 Å². The van der Waals surface area contributed by atoms with Crippen LogP contribution in [-0.2, 0) is 57.5 Å². The van der Waals surface area contributed by atoms with Gasteiger partial charge in [0.2, 0.25) is 53.2 Å². The van der Waals surface area contributed by atoms with Gasteiger partial charge in [-0.15, -0.1) is 0 Å². The van der Waals surface area contributed by atoms with Crippen molar-refractivity contribution in [2.45, 2.75) is 192 Å². The number of amides is 9. The highest BCUT2D eigenvalue weighted by Gasteiger charge is 2.41. The summed E-state index contributed by atoms with van der Waals surface area (Å²) >= 11 is 1.33. The maximum atomic E-state index is 14.0. The molecule has 20 N–H and O–H groups in total. The number of aliphatic hydroxyl groups excluding tert-OH is 1. The summed E-state index contributed by atoms with van der Waals surface area (Å²) in [4.78, 5) is 163. The zero-order valence-electron chi connectivity index (χ0n) is 47.3. The predicted molar refractivity (Wildman–Crippen MR) is 297 cm³/mol. The quantitative estimate of drug-likeness (QED) is 0.0159. The molecule has 0 radical (unpaired) electrons. The Labute approximate surface area is 475 Å². The van der Waals surface area contributed by atoms with Crippen molar-refractivity contribution in [3.8, 4) is 0 Å². The minimum absolute atomic E-state index is 0.0376. The van der Waals surface area contributed by atoms with Crippen LogP contribution in [0.3, 0.4) is 0 Å². The average Bonchev–Trinajstić information content (AvgIpc) is 3.97. The topological polar surface area (TPSA) is 502 Å². The third-order valence-corrected chi connectivity index (χ3v) is 13.5. The van der Waals surface area contributed by atoms with E-state index in [1.54, 1.807) is 34.0 Å². The maximum absolute atomic E-state index is 14.0. The minimum atomic E-state index is -1.75. The number of likely N-dealkylation sites (tertiary alicyclic amines) is 1. The molecule has 1 heterocycles. The maximum Gasteiger partial charge on any atom is 0.326 e. The minimum Gasteiger partial charge on any atom is -0.481 e. The van der Waals surface area contributed by atoms with E-state index in [-0.39, 0.29) is 76.5 Å². The van der Waals surface area contributed by atoms with Crippen LogP contribution >= 0.6 is 11.8 Å². The Morgan fingerprint density at radius 1 is 0.605 bits per heavy atom. The van der Waals surface area contributed by atoms with Gasteiger partial charge in [0.25, 0.3) is 0 Å². The van der Waals surface area contributed by atoms with Crippen LogP contribution in [-0.4, -0.2) is 201 Å². The largest absolute Gasteiger partial charge is 0.481 e. The fourth-order valence-electron chi connectivity index (χ4n) is 8.37. The molecule has 0 aliphatic carbocycles. The van der Waals surface area contributed by atoms with Gasteiger partial charge in [-0.1, -0.05) is 27.7 Å². The number of aliphatic carboxylic acids is 3. The first-order valence-corrected chi connectivity index (χ1v) is 28.4. The number of carbonyl (C=O) groups excluding carboxylic acids is 9. The zero-order chi connectivity index (χ0) is 61.7. The molecule has 1 saturated heterocycles. The molecule has 1 rings (SSSR count). The van der Waals surface area contributed by atoms with Gasteiger partial charge in [-0.2, -0.15) is 11.8 Å². The van der Waals surface area contributed by atoms with Crippen LogP contribution in [0.5, 0.6) is 0 Å². The first-order valence-electron chi connectivity index (χ1n) is 27.0. The fourth-order valence-corrected chi connectivity index (χ4v) is 8.84. The smallest absolute Gasteiger partial charge is 0.326 e. The van der Waals surface area contributed by atoms with E-state index < -0.39 is 163 Å². The number of nitrogens with two attached hydrogens (primary N) is 4. The molecule has 31 heteroatoms. The van der Waals surface area contributed by atoms with Crippen LogP contribution in [0.15, 0.2) is 4.99 Å². The Kier molecular flexibility index (Phi) is 33.1. The molecule has 0 unspecified atom stereocenters. The van der Waals surface area contributed by atoms with Crippen molar-refractivity contribution < 1.29 is 78.0 Å². The number of hydrogen-bond donors (Lipinski definition) is 16. The van der Waals surface area contributed by atoms with Crippen LogP contribution in [0.4, 0.5) is 0 Å². The van der Waals surface area contributed by atoms with Crippen LogP contribution in [0.2, 0.25) is 0 Å². The lowest BCUT2D eigenvalue weighted by Crippen LogP contribution is -2.62. The number of nitrogens with one attached hydrogen (secondary N) is 8. The third-order valence-electron chi connectivity index (χ3n) is 12.9. The number of thioether (sulfide) groups is 1. The first-order chi connectivity index (χ1) is 37.9. The van der Waals surface area contributed by atoms with Gasteiger partial charge in [0, 0.05) is 25.9 Å². The fraction of sp³-hybridized carbons (Fsp3) is 0.740. The Morgan fingerprint density at radius 2 is 1.12 bits per heavy atom. The van der Waals surface area contributed by atoms with E-state index in [4.69, 9.17) is 22.9 Å². The number of unbranched alkanes of at least 4 members (excludes halogenated alkanes) is 1. The number of carbonyl (C=O) groups is 12. The normalized spacial score (nSPS) is 16.8. The number of nitrogens with zero attached hydrogens (tertiary/aromatic N) is 2. The number of guanidine groups is 1. The number of aliphatic imine (C=N–C) groups is 1. The number of carboxylic acid groups (broad SMARTS) is 3. The Balaban J connectivity index is 3.30.